The van der Waals surface area contributed by atoms with E-state index in [1.807, 2.05) is 18.2 Å². The first-order valence-electron chi connectivity index (χ1n) is 7.99. The summed E-state index contributed by atoms with van der Waals surface area (Å²) in [5.41, 5.74) is 0.890. The highest BCUT2D eigenvalue weighted by molar-refractivity contribution is 6.33. The number of carbonyl (C=O) groups excluding carboxylic acids is 1. The number of aromatic hydroxyl groups is 2. The second-order valence-electron chi connectivity index (χ2n) is 6.25. The molecule has 3 atom stereocenters. The molecule has 2 N–H and O–H groups in total. The van der Waals surface area contributed by atoms with Gasteiger partial charge in [-0.05, 0) is 18.9 Å². The maximum atomic E-state index is 12.6. The predicted molar refractivity (Wildman–Crippen MR) is 94.1 cm³/mol. The number of ether oxygens (including phenoxy) is 2. The summed E-state index contributed by atoms with van der Waals surface area (Å²) < 4.78 is 11.0. The number of benzene rings is 1. The molecule has 0 spiro atoms. The number of fused-ring (bicyclic) bond motifs is 2. The number of rotatable bonds is 0. The molecule has 1 aromatic carbocycles. The van der Waals surface area contributed by atoms with Gasteiger partial charge in [-0.15, -0.1) is 0 Å². The summed E-state index contributed by atoms with van der Waals surface area (Å²) >= 11 is 6.16. The van der Waals surface area contributed by atoms with Crippen LogP contribution in [0, 0.1) is 0 Å². The molecule has 2 aliphatic heterocycles. The summed E-state index contributed by atoms with van der Waals surface area (Å²) in [5.74, 6) is -1.37. The largest absolute Gasteiger partial charge is 0.507 e. The fourth-order valence-corrected chi connectivity index (χ4v) is 3.08. The average molecular weight is 363 g/mol. The summed E-state index contributed by atoms with van der Waals surface area (Å²) in [4.78, 5) is 12.6. The molecule has 132 valence electrons. The smallest absolute Gasteiger partial charge is 0.342 e. The molecule has 1 unspecified atom stereocenters. The zero-order valence-electron chi connectivity index (χ0n) is 13.7. The summed E-state index contributed by atoms with van der Waals surface area (Å²) in [7, 11) is 0. The van der Waals surface area contributed by atoms with E-state index in [1.165, 1.54) is 0 Å². The molecular weight excluding hydrogens is 344 g/mol. The number of hydrogen-bond acceptors (Lipinski definition) is 5. The Morgan fingerprint density at radius 2 is 2.04 bits per heavy atom. The average Bonchev–Trinajstić information content (AvgIpc) is 3.25. The van der Waals surface area contributed by atoms with Crippen molar-refractivity contribution < 1.29 is 24.5 Å². The number of phenols is 2. The maximum absolute atomic E-state index is 12.6. The van der Waals surface area contributed by atoms with Crippen LogP contribution in [0.2, 0.25) is 5.02 Å². The van der Waals surface area contributed by atoms with Crippen molar-refractivity contribution >= 4 is 17.6 Å². The third-order valence-electron chi connectivity index (χ3n) is 4.17. The van der Waals surface area contributed by atoms with Gasteiger partial charge < -0.3 is 19.7 Å². The molecule has 5 nitrogen and oxygen atoms in total. The number of cyclic esters (lactones) is 1. The SMILES string of the molecule is C=C1/C=C/C=C\[C@H]2OC2C[C@@H](C)OC(=O)c2c(O)cc(O)c(Cl)c2C1. The minimum Gasteiger partial charge on any atom is -0.507 e. The fraction of sp³-hybridized carbons (Fsp3) is 0.316. The second-order valence-corrected chi connectivity index (χ2v) is 6.63. The molecule has 0 bridgehead atoms. The van der Waals surface area contributed by atoms with E-state index in [9.17, 15) is 15.0 Å². The Morgan fingerprint density at radius 1 is 1.28 bits per heavy atom. The number of phenolic OH excluding ortho intramolecular Hbond substituents is 2. The molecule has 2 heterocycles. The van der Waals surface area contributed by atoms with Crippen molar-refractivity contribution in [2.75, 3.05) is 0 Å². The highest BCUT2D eigenvalue weighted by Crippen LogP contribution is 2.38. The number of hydrogen-bond donors (Lipinski definition) is 2. The van der Waals surface area contributed by atoms with Gasteiger partial charge in [0.15, 0.2) is 0 Å². The number of allylic oxidation sites excluding steroid dienone is 4. The van der Waals surface area contributed by atoms with Gasteiger partial charge in [0.25, 0.3) is 0 Å². The van der Waals surface area contributed by atoms with Crippen LogP contribution < -0.4 is 0 Å². The lowest BCUT2D eigenvalue weighted by Crippen LogP contribution is -2.19. The highest BCUT2D eigenvalue weighted by atomic mass is 35.5. The Bertz CT molecular complexity index is 781. The van der Waals surface area contributed by atoms with Gasteiger partial charge in [-0.25, -0.2) is 4.79 Å². The van der Waals surface area contributed by atoms with Crippen molar-refractivity contribution in [3.8, 4) is 11.5 Å². The molecule has 0 aromatic heterocycles. The van der Waals surface area contributed by atoms with Crippen LogP contribution in [0.25, 0.3) is 0 Å². The van der Waals surface area contributed by atoms with Crippen molar-refractivity contribution in [2.24, 2.45) is 0 Å². The van der Waals surface area contributed by atoms with Gasteiger partial charge in [-0.2, -0.15) is 0 Å². The molecule has 1 saturated heterocycles. The minimum atomic E-state index is -0.691. The van der Waals surface area contributed by atoms with E-state index in [4.69, 9.17) is 21.1 Å². The van der Waals surface area contributed by atoms with Crippen LogP contribution in [-0.4, -0.2) is 34.5 Å². The summed E-state index contributed by atoms with van der Waals surface area (Å²) in [6.07, 6.45) is 7.79. The molecule has 1 fully saturated rings. The van der Waals surface area contributed by atoms with Crippen LogP contribution in [0.1, 0.15) is 29.3 Å². The van der Waals surface area contributed by atoms with Crippen molar-refractivity contribution in [3.63, 3.8) is 0 Å². The van der Waals surface area contributed by atoms with Crippen molar-refractivity contribution in [3.05, 3.63) is 58.7 Å². The van der Waals surface area contributed by atoms with E-state index < -0.39 is 12.1 Å². The van der Waals surface area contributed by atoms with E-state index in [-0.39, 0.29) is 46.3 Å². The van der Waals surface area contributed by atoms with Gasteiger partial charge in [0.2, 0.25) is 0 Å². The van der Waals surface area contributed by atoms with Gasteiger partial charge in [0.05, 0.1) is 11.1 Å². The Kier molecular flexibility index (Phi) is 4.88. The Hall–Kier alpha value is -2.24. The van der Waals surface area contributed by atoms with E-state index in [2.05, 4.69) is 6.58 Å². The first-order valence-corrected chi connectivity index (χ1v) is 8.37. The van der Waals surface area contributed by atoms with Gasteiger partial charge in [-0.3, -0.25) is 0 Å². The Morgan fingerprint density at radius 3 is 2.80 bits per heavy atom. The van der Waals surface area contributed by atoms with Crippen LogP contribution in [0.3, 0.4) is 0 Å². The Balaban J connectivity index is 2.01. The van der Waals surface area contributed by atoms with Crippen LogP contribution in [-0.2, 0) is 15.9 Å². The molecule has 2 aliphatic rings. The van der Waals surface area contributed by atoms with Crippen LogP contribution in [0.15, 0.2) is 42.5 Å². The fourth-order valence-electron chi connectivity index (χ4n) is 2.86. The quantitative estimate of drug-likeness (QED) is 0.543. The lowest BCUT2D eigenvalue weighted by Gasteiger charge is -2.17. The van der Waals surface area contributed by atoms with Crippen molar-refractivity contribution in [1.82, 2.24) is 0 Å². The predicted octanol–water partition coefficient (Wildman–Crippen LogP) is 3.68. The monoisotopic (exact) mass is 362 g/mol. The van der Waals surface area contributed by atoms with Gasteiger partial charge in [0, 0.05) is 12.5 Å². The van der Waals surface area contributed by atoms with Crippen LogP contribution in [0.5, 0.6) is 11.5 Å². The first kappa shape index (κ1) is 17.6. The zero-order chi connectivity index (χ0) is 18.1. The standard InChI is InChI=1S/C19H19ClO5/c1-10-5-3-4-6-15-16(25-15)8-11(2)24-19(23)17-12(7-10)18(20)14(22)9-13(17)21/h3-6,9,11,15-16,21-22H,1,7-8H2,2H3/b5-3+,6-4-/t11-,15-,16?/m1/s1. The molecule has 0 saturated carbocycles. The second kappa shape index (κ2) is 6.94. The van der Waals surface area contributed by atoms with Crippen molar-refractivity contribution in [2.45, 2.75) is 38.1 Å². The number of carbonyl (C=O) groups is 1. The normalized spacial score (nSPS) is 29.0. The molecular formula is C19H19ClO5. The topological polar surface area (TPSA) is 79.3 Å². The number of esters is 1. The summed E-state index contributed by atoms with van der Waals surface area (Å²) in [5, 5.41) is 20.0. The number of epoxide rings is 1. The molecule has 25 heavy (non-hydrogen) atoms. The van der Waals surface area contributed by atoms with Crippen LogP contribution in [0.4, 0.5) is 0 Å². The summed E-state index contributed by atoms with van der Waals surface area (Å²) in [6, 6.07) is 1.04. The van der Waals surface area contributed by atoms with E-state index in [0.717, 1.165) is 6.07 Å². The van der Waals surface area contributed by atoms with Gasteiger partial charge in [0.1, 0.15) is 29.3 Å². The molecule has 6 heteroatoms. The van der Waals surface area contributed by atoms with E-state index >= 15 is 0 Å². The van der Waals surface area contributed by atoms with Gasteiger partial charge in [-0.1, -0.05) is 48.1 Å². The Labute approximate surface area is 150 Å². The molecule has 0 radical (unpaired) electrons. The van der Waals surface area contributed by atoms with E-state index in [0.29, 0.717) is 12.0 Å². The highest BCUT2D eigenvalue weighted by Gasteiger charge is 2.38. The molecule has 3 rings (SSSR count). The zero-order valence-corrected chi connectivity index (χ0v) is 14.5. The lowest BCUT2D eigenvalue weighted by molar-refractivity contribution is 0.0305. The van der Waals surface area contributed by atoms with Crippen molar-refractivity contribution in [1.29, 1.82) is 0 Å². The molecule has 0 amide bonds. The van der Waals surface area contributed by atoms with Crippen LogP contribution >= 0.6 is 11.6 Å². The maximum Gasteiger partial charge on any atom is 0.342 e. The number of halogens is 1. The molecule has 1 aromatic rings. The first-order chi connectivity index (χ1) is 11.9. The molecule has 0 aliphatic carbocycles. The third-order valence-corrected chi connectivity index (χ3v) is 4.59. The minimum absolute atomic E-state index is 0.000166. The lowest BCUT2D eigenvalue weighted by atomic mass is 9.98. The summed E-state index contributed by atoms with van der Waals surface area (Å²) in [6.45, 7) is 5.69. The third kappa shape index (κ3) is 3.89. The van der Waals surface area contributed by atoms with Gasteiger partial charge >= 0.3 is 5.97 Å². The van der Waals surface area contributed by atoms with E-state index in [1.54, 1.807) is 13.0 Å².